The number of hydrogen-bond acceptors (Lipinski definition) is 5. The number of amides is 1. The van der Waals surface area contributed by atoms with Crippen LogP contribution in [0.1, 0.15) is 75.6 Å². The summed E-state index contributed by atoms with van der Waals surface area (Å²) in [6, 6.07) is 7.19. The van der Waals surface area contributed by atoms with Crippen LogP contribution < -0.4 is 16.3 Å². The topological polar surface area (TPSA) is 96.9 Å². The zero-order chi connectivity index (χ0) is 24.1. The molecule has 3 aliphatic rings. The smallest absolute Gasteiger partial charge is 0.334 e. The highest BCUT2D eigenvalue weighted by Crippen LogP contribution is 2.36. The van der Waals surface area contributed by atoms with Gasteiger partial charge >= 0.3 is 5.69 Å². The first-order valence-electron chi connectivity index (χ1n) is 12.1. The van der Waals surface area contributed by atoms with Crippen LogP contribution in [0.25, 0.3) is 6.08 Å². The Bertz CT molecular complexity index is 1340. The highest BCUT2D eigenvalue weighted by Gasteiger charge is 2.36. The van der Waals surface area contributed by atoms with Crippen molar-refractivity contribution < 1.29 is 9.90 Å². The number of rotatable bonds is 5. The van der Waals surface area contributed by atoms with Crippen molar-refractivity contribution in [3.8, 4) is 5.88 Å². The zero-order valence-corrected chi connectivity index (χ0v) is 19.8. The molecule has 0 atom stereocenters. The van der Waals surface area contributed by atoms with Crippen LogP contribution in [0.3, 0.4) is 0 Å². The number of nitrogens with zero attached hydrogens (tertiary/aromatic N) is 4. The molecule has 5 rings (SSSR count). The Hall–Kier alpha value is -3.42. The largest absolute Gasteiger partial charge is 0.494 e. The number of aromatic nitrogens is 2. The van der Waals surface area contributed by atoms with Crippen LogP contribution in [0, 0.1) is 12.8 Å². The molecule has 0 unspecified atom stereocenters. The van der Waals surface area contributed by atoms with Crippen molar-refractivity contribution in [2.45, 2.75) is 71.4 Å². The van der Waals surface area contributed by atoms with Crippen molar-refractivity contribution in [3.63, 3.8) is 0 Å². The molecule has 2 aliphatic carbocycles. The molecule has 1 aromatic carbocycles. The Morgan fingerprint density at radius 2 is 1.62 bits per heavy atom. The van der Waals surface area contributed by atoms with Gasteiger partial charge in [-0.2, -0.15) is 10.1 Å². The zero-order valence-electron chi connectivity index (χ0n) is 19.8. The van der Waals surface area contributed by atoms with Gasteiger partial charge in [-0.15, -0.1) is 0 Å². The van der Waals surface area contributed by atoms with E-state index in [1.165, 1.54) is 20.2 Å². The summed E-state index contributed by atoms with van der Waals surface area (Å²) in [5.74, 6) is -0.792. The van der Waals surface area contributed by atoms with E-state index in [9.17, 15) is 19.5 Å². The number of hydrogen-bond donors (Lipinski definition) is 1. The highest BCUT2D eigenvalue weighted by molar-refractivity contribution is 6.33. The lowest BCUT2D eigenvalue weighted by Crippen LogP contribution is -2.46. The quantitative estimate of drug-likeness (QED) is 0.681. The van der Waals surface area contributed by atoms with Gasteiger partial charge < -0.3 is 5.11 Å². The van der Waals surface area contributed by atoms with E-state index in [2.05, 4.69) is 5.10 Å². The maximum Gasteiger partial charge on any atom is 0.334 e. The van der Waals surface area contributed by atoms with Gasteiger partial charge in [-0.1, -0.05) is 32.0 Å². The van der Waals surface area contributed by atoms with Crippen LogP contribution in [0.4, 0.5) is 5.69 Å². The van der Waals surface area contributed by atoms with Gasteiger partial charge in [0.2, 0.25) is 5.88 Å². The molecule has 0 radical (unpaired) electrons. The molecule has 178 valence electrons. The normalized spacial score (nSPS) is 20.1. The van der Waals surface area contributed by atoms with Gasteiger partial charge in [0.1, 0.15) is 5.56 Å². The first kappa shape index (κ1) is 22.4. The van der Waals surface area contributed by atoms with Gasteiger partial charge in [0.15, 0.2) is 0 Å². The molecule has 8 heteroatoms. The number of para-hydroxylation sites is 1. The minimum absolute atomic E-state index is 0.0123. The first-order valence-corrected chi connectivity index (χ1v) is 12.1. The van der Waals surface area contributed by atoms with E-state index in [4.69, 9.17) is 0 Å². The SMILES string of the molecule is Cc1ccccc1N1N=C(C(C)C)/C(=C/c2c(O)n(C3CCC3)c(=O)n(C3CCC3)c2=O)C1=O. The Labute approximate surface area is 197 Å². The second-order valence-corrected chi connectivity index (χ2v) is 9.84. The summed E-state index contributed by atoms with van der Waals surface area (Å²) in [6.45, 7) is 5.78. The molecule has 0 saturated heterocycles. The second kappa shape index (κ2) is 8.42. The monoisotopic (exact) mass is 462 g/mol. The molecule has 1 N–H and O–H groups in total. The summed E-state index contributed by atoms with van der Waals surface area (Å²) >= 11 is 0. The number of carbonyl (C=O) groups excluding carboxylic acids is 1. The predicted octanol–water partition coefficient (Wildman–Crippen LogP) is 3.92. The van der Waals surface area contributed by atoms with Crippen molar-refractivity contribution in [3.05, 3.63) is 61.8 Å². The molecule has 0 spiro atoms. The number of anilines is 1. The van der Waals surface area contributed by atoms with Crippen LogP contribution in [-0.4, -0.2) is 25.9 Å². The first-order chi connectivity index (χ1) is 16.3. The Balaban J connectivity index is 1.69. The third-order valence-corrected chi connectivity index (χ3v) is 7.30. The van der Waals surface area contributed by atoms with Crippen LogP contribution in [0.15, 0.2) is 44.5 Å². The Morgan fingerprint density at radius 1 is 1.00 bits per heavy atom. The van der Waals surface area contributed by atoms with Crippen LogP contribution in [0.2, 0.25) is 0 Å². The van der Waals surface area contributed by atoms with Crippen molar-refractivity contribution in [2.24, 2.45) is 11.0 Å². The summed E-state index contributed by atoms with van der Waals surface area (Å²) < 4.78 is 2.65. The molecule has 0 bridgehead atoms. The lowest BCUT2D eigenvalue weighted by molar-refractivity contribution is -0.114. The van der Waals surface area contributed by atoms with E-state index in [0.717, 1.165) is 44.1 Å². The molecule has 2 heterocycles. The average Bonchev–Trinajstić information content (AvgIpc) is 3.05. The van der Waals surface area contributed by atoms with E-state index in [-0.39, 0.29) is 40.9 Å². The fraction of sp³-hybridized carbons (Fsp3) is 0.462. The average molecular weight is 463 g/mol. The van der Waals surface area contributed by atoms with Crippen molar-refractivity contribution in [1.82, 2.24) is 9.13 Å². The minimum atomic E-state index is -0.541. The van der Waals surface area contributed by atoms with Crippen LogP contribution >= 0.6 is 0 Å². The fourth-order valence-corrected chi connectivity index (χ4v) is 4.82. The van der Waals surface area contributed by atoms with Gasteiger partial charge in [0.25, 0.3) is 11.5 Å². The standard InChI is InChI=1S/C26H30N4O4/c1-15(2)22-19(25(33)30(27-22)21-13-5-4-8-16(21)3)14-20-23(31)28(17-9-6-10-17)26(34)29(24(20)32)18-11-7-12-18/h4-5,8,13-15,17-18,31H,6-7,9-12H2,1-3H3/b19-14-. The molecule has 1 amide bonds. The summed E-state index contributed by atoms with van der Waals surface area (Å²) in [7, 11) is 0. The molecule has 2 aromatic rings. The molecule has 1 aliphatic heterocycles. The maximum absolute atomic E-state index is 13.5. The molecule has 2 saturated carbocycles. The van der Waals surface area contributed by atoms with E-state index < -0.39 is 11.2 Å². The fourth-order valence-electron chi connectivity index (χ4n) is 4.82. The molecule has 34 heavy (non-hydrogen) atoms. The van der Waals surface area contributed by atoms with Gasteiger partial charge in [-0.05, 0) is 69.1 Å². The highest BCUT2D eigenvalue weighted by atomic mass is 16.3. The summed E-state index contributed by atoms with van der Waals surface area (Å²) in [5, 5.41) is 17.1. The molecule has 1 aromatic heterocycles. The molecule has 2 fully saturated rings. The summed E-state index contributed by atoms with van der Waals surface area (Å²) in [4.78, 5) is 40.2. The maximum atomic E-state index is 13.5. The van der Waals surface area contributed by atoms with E-state index in [0.29, 0.717) is 11.4 Å². The Morgan fingerprint density at radius 3 is 2.18 bits per heavy atom. The van der Waals surface area contributed by atoms with Gasteiger partial charge in [0, 0.05) is 12.1 Å². The third-order valence-electron chi connectivity index (χ3n) is 7.30. The number of aromatic hydroxyl groups is 1. The predicted molar refractivity (Wildman–Crippen MR) is 131 cm³/mol. The number of carbonyl (C=O) groups is 1. The Kier molecular flexibility index (Phi) is 5.54. The minimum Gasteiger partial charge on any atom is -0.494 e. The molecular weight excluding hydrogens is 432 g/mol. The van der Waals surface area contributed by atoms with Gasteiger partial charge in [-0.3, -0.25) is 18.7 Å². The number of aryl methyl sites for hydroxylation is 1. The van der Waals surface area contributed by atoms with E-state index in [1.54, 1.807) is 0 Å². The van der Waals surface area contributed by atoms with Crippen molar-refractivity contribution in [1.29, 1.82) is 0 Å². The van der Waals surface area contributed by atoms with Crippen molar-refractivity contribution >= 4 is 23.4 Å². The van der Waals surface area contributed by atoms with Crippen LogP contribution in [0.5, 0.6) is 5.88 Å². The van der Waals surface area contributed by atoms with E-state index >= 15 is 0 Å². The van der Waals surface area contributed by atoms with Gasteiger partial charge in [-0.25, -0.2) is 4.79 Å². The van der Waals surface area contributed by atoms with Gasteiger partial charge in [0.05, 0.1) is 17.0 Å². The van der Waals surface area contributed by atoms with Crippen LogP contribution in [-0.2, 0) is 4.79 Å². The summed E-state index contributed by atoms with van der Waals surface area (Å²) in [5.41, 5.74) is 1.38. The summed E-state index contributed by atoms with van der Waals surface area (Å²) in [6.07, 6.45) is 6.48. The number of benzene rings is 1. The van der Waals surface area contributed by atoms with E-state index in [1.807, 2.05) is 45.0 Å². The van der Waals surface area contributed by atoms with Crippen molar-refractivity contribution in [2.75, 3.05) is 5.01 Å². The lowest BCUT2D eigenvalue weighted by Gasteiger charge is -2.32. The third kappa shape index (κ3) is 3.43. The number of hydrazone groups is 1. The molecular formula is C26H30N4O4. The second-order valence-electron chi connectivity index (χ2n) is 9.84. The molecule has 8 nitrogen and oxygen atoms in total. The lowest BCUT2D eigenvalue weighted by atomic mass is 9.91.